The van der Waals surface area contributed by atoms with Crippen molar-refractivity contribution >= 4 is 43.2 Å². The van der Waals surface area contributed by atoms with E-state index in [4.69, 9.17) is 19.9 Å². The molecule has 1 heterocycles. The highest BCUT2D eigenvalue weighted by molar-refractivity contribution is 9.12. The first-order valence-corrected chi connectivity index (χ1v) is 8.42. The van der Waals surface area contributed by atoms with Gasteiger partial charge in [-0.25, -0.2) is 0 Å². The van der Waals surface area contributed by atoms with Gasteiger partial charge in [0.05, 0.1) is 34.9 Å². The summed E-state index contributed by atoms with van der Waals surface area (Å²) >= 11 is 8.59. The quantitative estimate of drug-likeness (QED) is 0.756. The molecule has 7 heteroatoms. The van der Waals surface area contributed by atoms with Crippen molar-refractivity contribution in [3.05, 3.63) is 36.9 Å². The lowest BCUT2D eigenvalue weighted by molar-refractivity contribution is 0.323. The highest BCUT2D eigenvalue weighted by atomic mass is 79.9. The fourth-order valence-electron chi connectivity index (χ4n) is 2.03. The molecule has 2 aromatic rings. The topological polar surface area (TPSA) is 53.7 Å². The maximum Gasteiger partial charge on any atom is 0.203 e. The lowest BCUT2D eigenvalue weighted by atomic mass is 10.0. The maximum atomic E-state index is 6.37. The number of methoxy groups -OCH3 is 3. The smallest absolute Gasteiger partial charge is 0.203 e. The largest absolute Gasteiger partial charge is 0.493 e. The fraction of sp³-hybridized carbons (Fsp3) is 0.286. The number of halogens is 2. The number of hydrogen-bond donors (Lipinski definition) is 1. The summed E-state index contributed by atoms with van der Waals surface area (Å²) in [6.07, 6.45) is 0. The molecule has 0 saturated heterocycles. The van der Waals surface area contributed by atoms with E-state index in [1.54, 1.807) is 32.7 Å². The number of rotatable bonds is 5. The molecular formula is C14H15Br2NO3S. The number of thiophene rings is 1. The number of nitrogens with two attached hydrogens (primary N) is 1. The Balaban J connectivity index is 2.51. The van der Waals surface area contributed by atoms with Crippen LogP contribution >= 0.6 is 43.2 Å². The van der Waals surface area contributed by atoms with Crippen LogP contribution in [0.2, 0.25) is 0 Å². The van der Waals surface area contributed by atoms with Crippen molar-refractivity contribution in [2.75, 3.05) is 21.3 Å². The number of benzene rings is 1. The molecule has 0 aliphatic heterocycles. The first-order valence-electron chi connectivity index (χ1n) is 6.02. The van der Waals surface area contributed by atoms with E-state index in [1.165, 1.54) is 0 Å². The molecule has 21 heavy (non-hydrogen) atoms. The predicted octanol–water partition coefficient (Wildman–Crippen LogP) is 4.35. The van der Waals surface area contributed by atoms with Crippen LogP contribution in [0.1, 0.15) is 17.2 Å². The molecule has 0 aliphatic rings. The number of hydrogen-bond acceptors (Lipinski definition) is 5. The summed E-state index contributed by atoms with van der Waals surface area (Å²) in [6, 6.07) is 5.44. The van der Waals surface area contributed by atoms with E-state index >= 15 is 0 Å². The molecule has 0 spiro atoms. The van der Waals surface area contributed by atoms with Gasteiger partial charge in [-0.05, 0) is 61.2 Å². The van der Waals surface area contributed by atoms with Gasteiger partial charge in [0.15, 0.2) is 11.5 Å². The molecule has 1 aromatic heterocycles. The minimum atomic E-state index is -0.296. The second-order valence-corrected chi connectivity index (χ2v) is 7.97. The minimum Gasteiger partial charge on any atom is -0.493 e. The van der Waals surface area contributed by atoms with Crippen molar-refractivity contribution in [3.63, 3.8) is 0 Å². The molecule has 0 saturated carbocycles. The Labute approximate surface area is 144 Å². The molecule has 1 unspecified atom stereocenters. The second-order valence-electron chi connectivity index (χ2n) is 4.22. The van der Waals surface area contributed by atoms with Crippen LogP contribution in [0.15, 0.2) is 25.8 Å². The predicted molar refractivity (Wildman–Crippen MR) is 91.8 cm³/mol. The van der Waals surface area contributed by atoms with Crippen molar-refractivity contribution in [2.45, 2.75) is 6.04 Å². The highest BCUT2D eigenvalue weighted by Gasteiger charge is 2.20. The standard InChI is InChI=1S/C14H15Br2NO3S/c1-18-9-4-7(5-10(19-2)13(9)20-3)12(17)8-6-11(15)21-14(8)16/h4-6,12H,17H2,1-3H3. The molecular weight excluding hydrogens is 422 g/mol. The lowest BCUT2D eigenvalue weighted by Crippen LogP contribution is -2.12. The number of ether oxygens (including phenoxy) is 3. The Hall–Kier alpha value is -0.760. The Bertz CT molecular complexity index is 620. The second kappa shape index (κ2) is 7.00. The molecule has 0 aliphatic carbocycles. The Morgan fingerprint density at radius 2 is 1.57 bits per heavy atom. The van der Waals surface area contributed by atoms with Gasteiger partial charge < -0.3 is 19.9 Å². The molecule has 0 radical (unpaired) electrons. The van der Waals surface area contributed by atoms with Crippen LogP contribution in [-0.2, 0) is 0 Å². The van der Waals surface area contributed by atoms with Gasteiger partial charge in [0.1, 0.15) is 0 Å². The van der Waals surface area contributed by atoms with E-state index < -0.39 is 0 Å². The first kappa shape index (κ1) is 16.6. The summed E-state index contributed by atoms with van der Waals surface area (Å²) in [6.45, 7) is 0. The fourth-order valence-corrected chi connectivity index (χ4v) is 4.95. The van der Waals surface area contributed by atoms with Crippen LogP contribution in [0.25, 0.3) is 0 Å². The summed E-state index contributed by atoms with van der Waals surface area (Å²) in [7, 11) is 4.75. The third-order valence-corrected chi connectivity index (χ3v) is 5.45. The van der Waals surface area contributed by atoms with Crippen molar-refractivity contribution in [2.24, 2.45) is 5.73 Å². The first-order chi connectivity index (χ1) is 10.0. The molecule has 0 amide bonds. The Morgan fingerprint density at radius 3 is 1.95 bits per heavy atom. The third kappa shape index (κ3) is 3.36. The van der Waals surface area contributed by atoms with Crippen molar-refractivity contribution < 1.29 is 14.2 Å². The Morgan fingerprint density at radius 1 is 1.00 bits per heavy atom. The summed E-state index contributed by atoms with van der Waals surface area (Å²) in [5, 5.41) is 0. The maximum absolute atomic E-state index is 6.37. The van der Waals surface area contributed by atoms with Crippen LogP contribution in [0.5, 0.6) is 17.2 Å². The van der Waals surface area contributed by atoms with E-state index in [0.29, 0.717) is 17.2 Å². The SMILES string of the molecule is COc1cc(C(N)c2cc(Br)sc2Br)cc(OC)c1OC. The highest BCUT2D eigenvalue weighted by Crippen LogP contribution is 2.42. The molecule has 0 bridgehead atoms. The Kier molecular flexibility index (Phi) is 5.54. The van der Waals surface area contributed by atoms with Gasteiger partial charge in [0.2, 0.25) is 5.75 Å². The third-order valence-electron chi connectivity index (χ3n) is 3.06. The lowest BCUT2D eigenvalue weighted by Gasteiger charge is -2.17. The molecule has 2 N–H and O–H groups in total. The van der Waals surface area contributed by atoms with Gasteiger partial charge >= 0.3 is 0 Å². The summed E-state index contributed by atoms with van der Waals surface area (Å²) in [5.41, 5.74) is 8.26. The minimum absolute atomic E-state index is 0.296. The summed E-state index contributed by atoms with van der Waals surface area (Å²) in [4.78, 5) is 0. The molecule has 114 valence electrons. The van der Waals surface area contributed by atoms with Crippen molar-refractivity contribution in [1.29, 1.82) is 0 Å². The average Bonchev–Trinajstić information content (AvgIpc) is 2.83. The van der Waals surface area contributed by atoms with Crippen LogP contribution < -0.4 is 19.9 Å². The van der Waals surface area contributed by atoms with Gasteiger partial charge in [-0.3, -0.25) is 0 Å². The van der Waals surface area contributed by atoms with Gasteiger partial charge in [-0.15, -0.1) is 11.3 Å². The van der Waals surface area contributed by atoms with Crippen LogP contribution in [0, 0.1) is 0 Å². The van der Waals surface area contributed by atoms with Gasteiger partial charge in [0.25, 0.3) is 0 Å². The monoisotopic (exact) mass is 435 g/mol. The van der Waals surface area contributed by atoms with Gasteiger partial charge in [-0.1, -0.05) is 0 Å². The van der Waals surface area contributed by atoms with E-state index in [1.807, 2.05) is 18.2 Å². The molecule has 0 fully saturated rings. The van der Waals surface area contributed by atoms with E-state index in [0.717, 1.165) is 18.7 Å². The van der Waals surface area contributed by atoms with Gasteiger partial charge in [-0.2, -0.15) is 0 Å². The van der Waals surface area contributed by atoms with E-state index in [9.17, 15) is 0 Å². The zero-order valence-electron chi connectivity index (χ0n) is 11.8. The van der Waals surface area contributed by atoms with Crippen LogP contribution in [-0.4, -0.2) is 21.3 Å². The van der Waals surface area contributed by atoms with Gasteiger partial charge in [0, 0.05) is 0 Å². The van der Waals surface area contributed by atoms with Crippen LogP contribution in [0.3, 0.4) is 0 Å². The normalized spacial score (nSPS) is 12.1. The van der Waals surface area contributed by atoms with E-state index in [-0.39, 0.29) is 6.04 Å². The molecule has 2 rings (SSSR count). The van der Waals surface area contributed by atoms with Crippen molar-refractivity contribution in [3.8, 4) is 17.2 Å². The molecule has 4 nitrogen and oxygen atoms in total. The molecule has 1 aromatic carbocycles. The summed E-state index contributed by atoms with van der Waals surface area (Å²) < 4.78 is 18.1. The van der Waals surface area contributed by atoms with Crippen LogP contribution in [0.4, 0.5) is 0 Å². The molecule has 1 atom stereocenters. The van der Waals surface area contributed by atoms with Crippen molar-refractivity contribution in [1.82, 2.24) is 0 Å². The summed E-state index contributed by atoms with van der Waals surface area (Å²) in [5.74, 6) is 1.74. The zero-order chi connectivity index (χ0) is 15.6. The average molecular weight is 437 g/mol. The van der Waals surface area contributed by atoms with E-state index in [2.05, 4.69) is 31.9 Å². The zero-order valence-corrected chi connectivity index (χ0v) is 15.8.